The van der Waals surface area contributed by atoms with Crippen molar-refractivity contribution < 1.29 is 9.47 Å². The lowest BCUT2D eigenvalue weighted by atomic mass is 10.1. The van der Waals surface area contributed by atoms with Gasteiger partial charge in [-0.2, -0.15) is 5.26 Å². The number of morpholine rings is 1. The summed E-state index contributed by atoms with van der Waals surface area (Å²) < 4.78 is 10.6. The van der Waals surface area contributed by atoms with Crippen molar-refractivity contribution in [1.82, 2.24) is 9.97 Å². The van der Waals surface area contributed by atoms with Gasteiger partial charge in [-0.3, -0.25) is 0 Å². The average molecular weight is 387 g/mol. The monoisotopic (exact) mass is 387 g/mol. The second kappa shape index (κ2) is 8.59. The third-order valence-electron chi connectivity index (χ3n) is 4.72. The molecule has 1 aromatic heterocycles. The van der Waals surface area contributed by atoms with E-state index in [4.69, 9.17) is 9.47 Å². The van der Waals surface area contributed by atoms with Crippen LogP contribution in [0.15, 0.2) is 54.7 Å². The van der Waals surface area contributed by atoms with Gasteiger partial charge in [-0.25, -0.2) is 9.97 Å². The second-order valence-corrected chi connectivity index (χ2v) is 6.60. The first kappa shape index (κ1) is 18.7. The fourth-order valence-electron chi connectivity index (χ4n) is 3.21. The van der Waals surface area contributed by atoms with Crippen molar-refractivity contribution in [3.63, 3.8) is 0 Å². The molecule has 0 spiro atoms. The maximum absolute atomic E-state index is 9.48. The number of anilines is 3. The molecule has 2 aromatic carbocycles. The Bertz CT molecular complexity index is 1020. The molecule has 0 bridgehead atoms. The second-order valence-electron chi connectivity index (χ2n) is 6.60. The molecule has 0 amide bonds. The van der Waals surface area contributed by atoms with Crippen molar-refractivity contribution in [2.24, 2.45) is 0 Å². The highest BCUT2D eigenvalue weighted by atomic mass is 16.5. The highest BCUT2D eigenvalue weighted by Gasteiger charge is 2.14. The molecule has 4 rings (SSSR count). The molecular formula is C22H21N5O2. The molecular weight excluding hydrogens is 366 g/mol. The topological polar surface area (TPSA) is 83.3 Å². The summed E-state index contributed by atoms with van der Waals surface area (Å²) in [4.78, 5) is 11.2. The van der Waals surface area contributed by atoms with Crippen LogP contribution in [0, 0.1) is 11.3 Å². The first-order valence-corrected chi connectivity index (χ1v) is 9.37. The number of benzene rings is 2. The van der Waals surface area contributed by atoms with Gasteiger partial charge in [-0.05, 0) is 48.5 Å². The zero-order valence-electron chi connectivity index (χ0n) is 16.1. The van der Waals surface area contributed by atoms with Gasteiger partial charge in [0.25, 0.3) is 0 Å². The predicted octanol–water partition coefficient (Wildman–Crippen LogP) is 3.60. The van der Waals surface area contributed by atoms with E-state index in [1.165, 1.54) is 0 Å². The van der Waals surface area contributed by atoms with Gasteiger partial charge in [0.1, 0.15) is 5.75 Å². The molecule has 0 atom stereocenters. The molecule has 1 fully saturated rings. The van der Waals surface area contributed by atoms with E-state index < -0.39 is 0 Å². The van der Waals surface area contributed by atoms with Crippen LogP contribution >= 0.6 is 0 Å². The number of nitrogens with one attached hydrogen (secondary N) is 1. The Morgan fingerprint density at radius 3 is 2.62 bits per heavy atom. The summed E-state index contributed by atoms with van der Waals surface area (Å²) in [7, 11) is 1.63. The SMILES string of the molecule is COc1ccc(Nc2nccc(-c3cc(C#N)cc(N4CCOCC4)c3)n2)cc1. The molecule has 7 heteroatoms. The largest absolute Gasteiger partial charge is 0.497 e. The Morgan fingerprint density at radius 2 is 1.90 bits per heavy atom. The zero-order valence-corrected chi connectivity index (χ0v) is 16.1. The van der Waals surface area contributed by atoms with Gasteiger partial charge in [-0.15, -0.1) is 0 Å². The molecule has 2 heterocycles. The highest BCUT2D eigenvalue weighted by Crippen LogP contribution is 2.27. The first-order valence-electron chi connectivity index (χ1n) is 9.37. The molecule has 0 saturated carbocycles. The van der Waals surface area contributed by atoms with Crippen LogP contribution in [0.2, 0.25) is 0 Å². The van der Waals surface area contributed by atoms with Crippen molar-refractivity contribution in [2.75, 3.05) is 43.6 Å². The van der Waals surface area contributed by atoms with Gasteiger partial charge in [0.15, 0.2) is 0 Å². The minimum Gasteiger partial charge on any atom is -0.497 e. The first-order chi connectivity index (χ1) is 14.2. The number of ether oxygens (including phenoxy) is 2. The molecule has 146 valence electrons. The summed E-state index contributed by atoms with van der Waals surface area (Å²) in [5.74, 6) is 1.28. The van der Waals surface area contributed by atoms with Crippen LogP contribution in [0.4, 0.5) is 17.3 Å². The van der Waals surface area contributed by atoms with E-state index in [1.807, 2.05) is 42.5 Å². The minimum absolute atomic E-state index is 0.489. The average Bonchev–Trinajstić information content (AvgIpc) is 2.80. The van der Waals surface area contributed by atoms with Gasteiger partial charge in [0.05, 0.1) is 37.7 Å². The van der Waals surface area contributed by atoms with Crippen molar-refractivity contribution in [3.05, 3.63) is 60.3 Å². The smallest absolute Gasteiger partial charge is 0.227 e. The van der Waals surface area contributed by atoms with E-state index in [1.54, 1.807) is 13.3 Å². The number of nitrogens with zero attached hydrogens (tertiary/aromatic N) is 4. The summed E-state index contributed by atoms with van der Waals surface area (Å²) in [6.45, 7) is 3.00. The molecule has 3 aromatic rings. The number of nitriles is 1. The highest BCUT2D eigenvalue weighted by molar-refractivity contribution is 5.70. The Morgan fingerprint density at radius 1 is 1.10 bits per heavy atom. The Kier molecular flexibility index (Phi) is 5.54. The molecule has 0 unspecified atom stereocenters. The van der Waals surface area contributed by atoms with Crippen molar-refractivity contribution >= 4 is 17.3 Å². The summed E-state index contributed by atoms with van der Waals surface area (Å²) >= 11 is 0. The fourth-order valence-corrected chi connectivity index (χ4v) is 3.21. The van der Waals surface area contributed by atoms with Crippen molar-refractivity contribution in [2.45, 2.75) is 0 Å². The summed E-state index contributed by atoms with van der Waals surface area (Å²) in [6, 6.07) is 17.5. The molecule has 0 radical (unpaired) electrons. The lowest BCUT2D eigenvalue weighted by molar-refractivity contribution is 0.122. The number of hydrogen-bond acceptors (Lipinski definition) is 7. The van der Waals surface area contributed by atoms with E-state index in [9.17, 15) is 5.26 Å². The molecule has 7 nitrogen and oxygen atoms in total. The maximum atomic E-state index is 9.48. The minimum atomic E-state index is 0.489. The summed E-state index contributed by atoms with van der Waals surface area (Å²) in [5, 5.41) is 12.7. The van der Waals surface area contributed by atoms with E-state index in [0.29, 0.717) is 24.7 Å². The van der Waals surface area contributed by atoms with Crippen LogP contribution in [0.1, 0.15) is 5.56 Å². The molecule has 29 heavy (non-hydrogen) atoms. The predicted molar refractivity (Wildman–Crippen MR) is 111 cm³/mol. The molecule has 1 aliphatic rings. The Labute approximate surface area is 169 Å². The van der Waals surface area contributed by atoms with Gasteiger partial charge in [0.2, 0.25) is 5.95 Å². The molecule has 0 aliphatic carbocycles. The van der Waals surface area contributed by atoms with E-state index >= 15 is 0 Å². The van der Waals surface area contributed by atoms with Gasteiger partial charge in [-0.1, -0.05) is 0 Å². The van der Waals surface area contributed by atoms with Gasteiger partial charge in [0, 0.05) is 36.2 Å². The molecule has 1 saturated heterocycles. The molecule has 1 N–H and O–H groups in total. The van der Waals surface area contributed by atoms with Crippen molar-refractivity contribution in [3.8, 4) is 23.1 Å². The van der Waals surface area contributed by atoms with Crippen LogP contribution < -0.4 is 15.0 Å². The number of methoxy groups -OCH3 is 1. The van der Waals surface area contributed by atoms with Gasteiger partial charge < -0.3 is 19.7 Å². The Hall–Kier alpha value is -3.63. The van der Waals surface area contributed by atoms with Crippen LogP contribution in [0.25, 0.3) is 11.3 Å². The number of rotatable bonds is 5. The van der Waals surface area contributed by atoms with E-state index in [-0.39, 0.29) is 0 Å². The van der Waals surface area contributed by atoms with Crippen LogP contribution in [0.3, 0.4) is 0 Å². The van der Waals surface area contributed by atoms with Crippen LogP contribution in [0.5, 0.6) is 5.75 Å². The lowest BCUT2D eigenvalue weighted by Gasteiger charge is -2.29. The van der Waals surface area contributed by atoms with Crippen LogP contribution in [-0.4, -0.2) is 43.4 Å². The molecule has 1 aliphatic heterocycles. The normalized spacial score (nSPS) is 13.6. The van der Waals surface area contributed by atoms with Crippen LogP contribution in [-0.2, 0) is 4.74 Å². The zero-order chi connectivity index (χ0) is 20.1. The lowest BCUT2D eigenvalue weighted by Crippen LogP contribution is -2.36. The third kappa shape index (κ3) is 4.45. The van der Waals surface area contributed by atoms with Crippen molar-refractivity contribution in [1.29, 1.82) is 5.26 Å². The van der Waals surface area contributed by atoms with Gasteiger partial charge >= 0.3 is 0 Å². The number of hydrogen-bond donors (Lipinski definition) is 1. The quantitative estimate of drug-likeness (QED) is 0.716. The Balaban J connectivity index is 1.62. The summed E-state index contributed by atoms with van der Waals surface area (Å²) in [5.41, 5.74) is 4.11. The van der Waals surface area contributed by atoms with E-state index in [2.05, 4.69) is 32.3 Å². The standard InChI is InChI=1S/C22H21N5O2/c1-28-20-4-2-18(3-5-20)25-22-24-7-6-21(26-22)17-12-16(15-23)13-19(14-17)27-8-10-29-11-9-27/h2-7,12-14H,8-11H2,1H3,(H,24,25,26). The van der Waals surface area contributed by atoms with E-state index in [0.717, 1.165) is 41.5 Å². The third-order valence-corrected chi connectivity index (χ3v) is 4.72. The summed E-state index contributed by atoms with van der Waals surface area (Å²) in [6.07, 6.45) is 1.71. The fraction of sp³-hybridized carbons (Fsp3) is 0.227. The maximum Gasteiger partial charge on any atom is 0.227 e. The number of aromatic nitrogens is 2.